The maximum atomic E-state index is 13.0. The number of rotatable bonds is 7. The van der Waals surface area contributed by atoms with Crippen molar-refractivity contribution in [2.75, 3.05) is 11.9 Å². The highest BCUT2D eigenvalue weighted by atomic mass is 35.5. The van der Waals surface area contributed by atoms with Crippen LogP contribution in [0.25, 0.3) is 0 Å². The van der Waals surface area contributed by atoms with Gasteiger partial charge in [0.2, 0.25) is 0 Å². The normalized spacial score (nSPS) is 16.0. The SMILES string of the molecule is N#CCCC1CN(C(=O)Nc2ccc(OC(F)(F)C(F)F)cc2)N=C1c1ccc(Cl)cc1. The molecule has 2 aromatic rings. The van der Waals surface area contributed by atoms with Crippen molar-refractivity contribution in [2.45, 2.75) is 25.4 Å². The molecule has 0 aliphatic carbocycles. The maximum Gasteiger partial charge on any atom is 0.461 e. The van der Waals surface area contributed by atoms with Crippen LogP contribution in [0, 0.1) is 17.2 Å². The van der Waals surface area contributed by atoms with E-state index in [2.05, 4.69) is 21.2 Å². The van der Waals surface area contributed by atoms with Crippen molar-refractivity contribution in [3.63, 3.8) is 0 Å². The number of anilines is 1. The molecule has 168 valence electrons. The Morgan fingerprint density at radius 1 is 1.25 bits per heavy atom. The van der Waals surface area contributed by atoms with Crippen molar-refractivity contribution in [2.24, 2.45) is 11.0 Å². The number of halogens is 5. The van der Waals surface area contributed by atoms with Crippen molar-refractivity contribution in [3.05, 3.63) is 59.1 Å². The molecule has 11 heteroatoms. The minimum absolute atomic E-state index is 0.158. The fourth-order valence-electron chi connectivity index (χ4n) is 3.05. The monoisotopic (exact) mass is 468 g/mol. The number of hydrogen-bond acceptors (Lipinski definition) is 4. The lowest BCUT2D eigenvalue weighted by molar-refractivity contribution is -0.253. The fraction of sp³-hybridized carbons (Fsp3) is 0.286. The highest BCUT2D eigenvalue weighted by Gasteiger charge is 2.44. The Bertz CT molecular complexity index is 1020. The molecule has 2 aromatic carbocycles. The van der Waals surface area contributed by atoms with E-state index in [1.54, 1.807) is 24.3 Å². The Balaban J connectivity index is 1.70. The second-order valence-electron chi connectivity index (χ2n) is 6.89. The zero-order valence-corrected chi connectivity index (χ0v) is 17.2. The van der Waals surface area contributed by atoms with Gasteiger partial charge in [0.1, 0.15) is 5.75 Å². The van der Waals surface area contributed by atoms with E-state index < -0.39 is 24.3 Å². The van der Waals surface area contributed by atoms with Crippen LogP contribution in [0.1, 0.15) is 18.4 Å². The zero-order chi connectivity index (χ0) is 23.3. The molecule has 0 spiro atoms. The van der Waals surface area contributed by atoms with Crippen LogP contribution in [-0.2, 0) is 0 Å². The van der Waals surface area contributed by atoms with E-state index in [0.717, 1.165) is 17.7 Å². The Morgan fingerprint density at radius 3 is 2.50 bits per heavy atom. The number of hydrazone groups is 1. The van der Waals surface area contributed by atoms with E-state index in [4.69, 9.17) is 16.9 Å². The molecule has 1 aliphatic rings. The summed E-state index contributed by atoms with van der Waals surface area (Å²) in [6.07, 6.45) is -7.80. The minimum Gasteiger partial charge on any atom is -0.428 e. The Hall–Kier alpha value is -3.32. The standard InChI is InChI=1S/C21H17ClF4N4O2/c22-15-5-3-13(4-6-15)18-14(2-1-11-27)12-30(29-18)20(31)28-16-7-9-17(10-8-16)32-21(25,26)19(23)24/h3-10,14,19H,1-2,12H2,(H,28,31). The van der Waals surface area contributed by atoms with Crippen molar-refractivity contribution in [1.29, 1.82) is 5.26 Å². The van der Waals surface area contributed by atoms with E-state index in [-0.39, 0.29) is 24.6 Å². The Morgan fingerprint density at radius 2 is 1.91 bits per heavy atom. The van der Waals surface area contributed by atoms with E-state index in [0.29, 0.717) is 17.2 Å². The maximum absolute atomic E-state index is 13.0. The predicted octanol–water partition coefficient (Wildman–Crippen LogP) is 5.75. The summed E-state index contributed by atoms with van der Waals surface area (Å²) < 4.78 is 54.4. The topological polar surface area (TPSA) is 77.7 Å². The molecule has 1 unspecified atom stereocenters. The van der Waals surface area contributed by atoms with Gasteiger partial charge in [0.15, 0.2) is 0 Å². The number of urea groups is 1. The molecule has 0 fully saturated rings. The number of ether oxygens (including phenoxy) is 1. The van der Waals surface area contributed by atoms with Crippen LogP contribution in [0.3, 0.4) is 0 Å². The molecule has 0 bridgehead atoms. The fourth-order valence-corrected chi connectivity index (χ4v) is 3.18. The number of benzene rings is 2. The zero-order valence-electron chi connectivity index (χ0n) is 16.4. The van der Waals surface area contributed by atoms with Crippen molar-refractivity contribution >= 4 is 29.0 Å². The summed E-state index contributed by atoms with van der Waals surface area (Å²) >= 11 is 5.92. The summed E-state index contributed by atoms with van der Waals surface area (Å²) in [4.78, 5) is 12.6. The third-order valence-corrected chi connectivity index (χ3v) is 4.85. The molecule has 1 aliphatic heterocycles. The van der Waals surface area contributed by atoms with Crippen LogP contribution in [0.2, 0.25) is 5.02 Å². The lowest BCUT2D eigenvalue weighted by Crippen LogP contribution is -2.33. The van der Waals surface area contributed by atoms with Crippen LogP contribution in [0.5, 0.6) is 5.75 Å². The molecule has 0 saturated carbocycles. The first-order valence-corrected chi connectivity index (χ1v) is 9.82. The third-order valence-electron chi connectivity index (χ3n) is 4.60. The van der Waals surface area contributed by atoms with Crippen LogP contribution in [-0.4, -0.2) is 35.8 Å². The van der Waals surface area contributed by atoms with Crippen molar-refractivity contribution in [1.82, 2.24) is 5.01 Å². The molecule has 1 N–H and O–H groups in total. The van der Waals surface area contributed by atoms with E-state index >= 15 is 0 Å². The van der Waals surface area contributed by atoms with Gasteiger partial charge in [-0.1, -0.05) is 23.7 Å². The predicted molar refractivity (Wildman–Crippen MR) is 110 cm³/mol. The van der Waals surface area contributed by atoms with E-state index in [1.165, 1.54) is 17.1 Å². The summed E-state index contributed by atoms with van der Waals surface area (Å²) in [5.74, 6) is -0.636. The number of hydrogen-bond donors (Lipinski definition) is 1. The molecule has 1 atom stereocenters. The number of carbonyl (C=O) groups excluding carboxylic acids is 1. The molecule has 6 nitrogen and oxygen atoms in total. The summed E-state index contributed by atoms with van der Waals surface area (Å²) in [6, 6.07) is 13.0. The van der Waals surface area contributed by atoms with Gasteiger partial charge in [-0.15, -0.1) is 0 Å². The molecule has 0 aromatic heterocycles. The number of nitriles is 1. The highest BCUT2D eigenvalue weighted by Crippen LogP contribution is 2.29. The lowest BCUT2D eigenvalue weighted by Gasteiger charge is -2.17. The molecule has 2 amide bonds. The van der Waals surface area contributed by atoms with Gasteiger partial charge in [-0.05, 0) is 48.4 Å². The highest BCUT2D eigenvalue weighted by molar-refractivity contribution is 6.30. The van der Waals surface area contributed by atoms with Gasteiger partial charge in [0.25, 0.3) is 0 Å². The largest absolute Gasteiger partial charge is 0.461 e. The summed E-state index contributed by atoms with van der Waals surface area (Å²) in [6.45, 7) is 0.243. The second kappa shape index (κ2) is 9.87. The average molecular weight is 469 g/mol. The van der Waals surface area contributed by atoms with Gasteiger partial charge in [0, 0.05) is 23.0 Å². The molecule has 3 rings (SSSR count). The van der Waals surface area contributed by atoms with Crippen LogP contribution >= 0.6 is 11.6 Å². The molecule has 32 heavy (non-hydrogen) atoms. The van der Waals surface area contributed by atoms with E-state index in [9.17, 15) is 22.4 Å². The second-order valence-corrected chi connectivity index (χ2v) is 7.32. The molecular weight excluding hydrogens is 452 g/mol. The first kappa shape index (κ1) is 23.3. The number of alkyl halides is 4. The summed E-state index contributed by atoms with van der Waals surface area (Å²) in [5, 5.41) is 17.6. The third kappa shape index (κ3) is 5.68. The molecular formula is C21H17ClF4N4O2. The quantitative estimate of drug-likeness (QED) is 0.526. The number of nitrogens with one attached hydrogen (secondary N) is 1. The van der Waals surface area contributed by atoms with Crippen LogP contribution in [0.4, 0.5) is 28.0 Å². The van der Waals surface area contributed by atoms with Gasteiger partial charge in [0.05, 0.1) is 18.3 Å². The minimum atomic E-state index is -4.62. The molecule has 0 saturated heterocycles. The van der Waals surface area contributed by atoms with Crippen molar-refractivity contribution in [3.8, 4) is 11.8 Å². The van der Waals surface area contributed by atoms with Gasteiger partial charge in [-0.25, -0.2) is 9.80 Å². The molecule has 1 heterocycles. The smallest absolute Gasteiger partial charge is 0.428 e. The van der Waals surface area contributed by atoms with Gasteiger partial charge >= 0.3 is 18.6 Å². The summed E-state index contributed by atoms with van der Waals surface area (Å²) in [7, 11) is 0. The van der Waals surface area contributed by atoms with Gasteiger partial charge < -0.3 is 10.1 Å². The van der Waals surface area contributed by atoms with Gasteiger partial charge in [-0.2, -0.15) is 27.9 Å². The first-order chi connectivity index (χ1) is 15.2. The lowest BCUT2D eigenvalue weighted by atomic mass is 9.93. The van der Waals surface area contributed by atoms with Crippen LogP contribution in [0.15, 0.2) is 53.6 Å². The molecule has 0 radical (unpaired) electrons. The number of nitrogens with zero attached hydrogens (tertiary/aromatic N) is 3. The number of amides is 2. The Labute approximate surface area is 186 Å². The summed E-state index contributed by atoms with van der Waals surface area (Å²) in [5.41, 5.74) is 1.64. The average Bonchev–Trinajstić information content (AvgIpc) is 3.18. The van der Waals surface area contributed by atoms with Crippen LogP contribution < -0.4 is 10.1 Å². The number of carbonyl (C=O) groups is 1. The van der Waals surface area contributed by atoms with Crippen molar-refractivity contribution < 1.29 is 27.1 Å². The first-order valence-electron chi connectivity index (χ1n) is 9.44. The van der Waals surface area contributed by atoms with Gasteiger partial charge in [-0.3, -0.25) is 0 Å². The Kier molecular flexibility index (Phi) is 7.20. The van der Waals surface area contributed by atoms with E-state index in [1.807, 2.05) is 0 Å².